The van der Waals surface area contributed by atoms with Crippen molar-refractivity contribution < 1.29 is 13.2 Å². The highest BCUT2D eigenvalue weighted by Gasteiger charge is 2.24. The highest BCUT2D eigenvalue weighted by molar-refractivity contribution is 7.88. The minimum atomic E-state index is -3.11. The lowest BCUT2D eigenvalue weighted by Gasteiger charge is -2.30. The summed E-state index contributed by atoms with van der Waals surface area (Å²) in [5.41, 5.74) is 1.06. The van der Waals surface area contributed by atoms with Gasteiger partial charge in [-0.3, -0.25) is 4.79 Å². The third-order valence-corrected chi connectivity index (χ3v) is 7.38. The van der Waals surface area contributed by atoms with Crippen molar-refractivity contribution in [2.75, 3.05) is 25.9 Å². The van der Waals surface area contributed by atoms with E-state index in [1.54, 1.807) is 23.5 Å². The van der Waals surface area contributed by atoms with Gasteiger partial charge in [0.1, 0.15) is 0 Å². The SMILES string of the molecule is CS(=O)(=O)N1CCC(CNC(=O)/C=C/c2ccc(-c3cccc(Cl)c3)s2)CC1. The second-order valence-electron chi connectivity index (χ2n) is 6.90. The number of carbonyl (C=O) groups excluding carboxylic acids is 1. The molecule has 3 rings (SSSR count). The van der Waals surface area contributed by atoms with E-state index in [0.29, 0.717) is 30.6 Å². The van der Waals surface area contributed by atoms with Crippen LogP contribution in [0.5, 0.6) is 0 Å². The van der Waals surface area contributed by atoms with E-state index in [0.717, 1.165) is 28.2 Å². The number of halogens is 1. The summed E-state index contributed by atoms with van der Waals surface area (Å²) in [4.78, 5) is 14.2. The summed E-state index contributed by atoms with van der Waals surface area (Å²) in [5, 5.41) is 3.61. The number of nitrogens with one attached hydrogen (secondary N) is 1. The van der Waals surface area contributed by atoms with E-state index in [1.165, 1.54) is 10.6 Å². The van der Waals surface area contributed by atoms with Gasteiger partial charge in [-0.15, -0.1) is 11.3 Å². The molecule has 0 bridgehead atoms. The Morgan fingerprint density at radius 1 is 1.29 bits per heavy atom. The number of hydrogen-bond donors (Lipinski definition) is 1. The monoisotopic (exact) mass is 438 g/mol. The van der Waals surface area contributed by atoms with Crippen LogP contribution in [-0.4, -0.2) is 44.5 Å². The van der Waals surface area contributed by atoms with Gasteiger partial charge in [0.05, 0.1) is 6.26 Å². The summed E-state index contributed by atoms with van der Waals surface area (Å²) < 4.78 is 24.6. The van der Waals surface area contributed by atoms with Crippen LogP contribution in [0.25, 0.3) is 16.5 Å². The van der Waals surface area contributed by atoms with Gasteiger partial charge < -0.3 is 5.32 Å². The molecule has 0 spiro atoms. The number of nitrogens with zero attached hydrogens (tertiary/aromatic N) is 1. The molecule has 1 N–H and O–H groups in total. The van der Waals surface area contributed by atoms with Gasteiger partial charge in [0.15, 0.2) is 0 Å². The van der Waals surface area contributed by atoms with Crippen molar-refractivity contribution >= 4 is 44.9 Å². The molecule has 1 amide bonds. The van der Waals surface area contributed by atoms with Gasteiger partial charge >= 0.3 is 0 Å². The van der Waals surface area contributed by atoms with Gasteiger partial charge in [-0.2, -0.15) is 0 Å². The fourth-order valence-electron chi connectivity index (χ4n) is 3.15. The standard InChI is InChI=1S/C20H23ClN2O3S2/c1-28(25,26)23-11-9-15(10-12-23)14-22-20(24)8-6-18-5-7-19(27-18)16-3-2-4-17(21)13-16/h2-8,13,15H,9-12,14H2,1H3,(H,22,24)/b8-6+. The fraction of sp³-hybridized carbons (Fsp3) is 0.350. The minimum absolute atomic E-state index is 0.136. The Morgan fingerprint density at radius 3 is 2.71 bits per heavy atom. The van der Waals surface area contributed by atoms with Gasteiger partial charge in [-0.05, 0) is 54.7 Å². The molecule has 8 heteroatoms. The zero-order valence-corrected chi connectivity index (χ0v) is 18.0. The highest BCUT2D eigenvalue weighted by Crippen LogP contribution is 2.30. The molecule has 5 nitrogen and oxygen atoms in total. The average Bonchev–Trinajstić information content (AvgIpc) is 3.13. The quantitative estimate of drug-likeness (QED) is 0.696. The first-order valence-corrected chi connectivity index (χ1v) is 12.1. The first kappa shape index (κ1) is 21.0. The molecule has 1 aromatic carbocycles. The van der Waals surface area contributed by atoms with Crippen LogP contribution in [-0.2, 0) is 14.8 Å². The van der Waals surface area contributed by atoms with Gasteiger partial charge in [0.2, 0.25) is 15.9 Å². The Hall–Kier alpha value is -1.67. The van der Waals surface area contributed by atoms with Crippen molar-refractivity contribution in [3.8, 4) is 10.4 Å². The van der Waals surface area contributed by atoms with Crippen LogP contribution in [0, 0.1) is 5.92 Å². The molecule has 0 aliphatic carbocycles. The van der Waals surface area contributed by atoms with Crippen LogP contribution in [0.15, 0.2) is 42.5 Å². The highest BCUT2D eigenvalue weighted by atomic mass is 35.5. The van der Waals surface area contributed by atoms with Crippen LogP contribution in [0.4, 0.5) is 0 Å². The summed E-state index contributed by atoms with van der Waals surface area (Å²) in [6.45, 7) is 1.62. The lowest BCUT2D eigenvalue weighted by atomic mass is 9.98. The second kappa shape index (κ2) is 9.22. The molecular weight excluding hydrogens is 416 g/mol. The predicted molar refractivity (Wildman–Crippen MR) is 116 cm³/mol. The normalized spacial score (nSPS) is 16.5. The molecule has 28 heavy (non-hydrogen) atoms. The molecule has 1 aliphatic heterocycles. The van der Waals surface area contributed by atoms with Gasteiger partial charge in [0.25, 0.3) is 0 Å². The van der Waals surface area contributed by atoms with Crippen LogP contribution in [0.3, 0.4) is 0 Å². The molecule has 0 atom stereocenters. The smallest absolute Gasteiger partial charge is 0.244 e. The Labute approximate surface area is 175 Å². The maximum absolute atomic E-state index is 12.1. The Bertz CT molecular complexity index is 961. The van der Waals surface area contributed by atoms with Crippen LogP contribution >= 0.6 is 22.9 Å². The molecular formula is C20H23ClN2O3S2. The third kappa shape index (κ3) is 5.91. The summed E-state index contributed by atoms with van der Waals surface area (Å²) in [6, 6.07) is 11.7. The van der Waals surface area contributed by atoms with Crippen molar-refractivity contribution in [2.45, 2.75) is 12.8 Å². The first-order valence-electron chi connectivity index (χ1n) is 9.08. The number of benzene rings is 1. The number of thiophene rings is 1. The van der Waals surface area contributed by atoms with E-state index < -0.39 is 10.0 Å². The van der Waals surface area contributed by atoms with Crippen LogP contribution in [0.1, 0.15) is 17.7 Å². The lowest BCUT2D eigenvalue weighted by molar-refractivity contribution is -0.116. The van der Waals surface area contributed by atoms with E-state index in [2.05, 4.69) is 5.32 Å². The Morgan fingerprint density at radius 2 is 2.04 bits per heavy atom. The first-order chi connectivity index (χ1) is 13.3. The zero-order valence-electron chi connectivity index (χ0n) is 15.6. The molecule has 1 saturated heterocycles. The molecule has 1 fully saturated rings. The molecule has 150 valence electrons. The van der Waals surface area contributed by atoms with Gasteiger partial charge in [0, 0.05) is 40.5 Å². The third-order valence-electron chi connectivity index (χ3n) is 4.74. The van der Waals surface area contributed by atoms with Crippen molar-refractivity contribution in [3.05, 3.63) is 52.4 Å². The van der Waals surface area contributed by atoms with E-state index in [9.17, 15) is 13.2 Å². The number of hydrogen-bond acceptors (Lipinski definition) is 4. The summed E-state index contributed by atoms with van der Waals surface area (Å²) in [7, 11) is -3.11. The lowest BCUT2D eigenvalue weighted by Crippen LogP contribution is -2.40. The molecule has 1 aliphatic rings. The van der Waals surface area contributed by atoms with E-state index in [-0.39, 0.29) is 5.91 Å². The Kier molecular flexibility index (Phi) is 6.93. The molecule has 1 aromatic heterocycles. The van der Waals surface area contributed by atoms with Crippen molar-refractivity contribution in [1.82, 2.24) is 9.62 Å². The maximum atomic E-state index is 12.1. The summed E-state index contributed by atoms with van der Waals surface area (Å²) in [6.07, 6.45) is 6.12. The van der Waals surface area contributed by atoms with Gasteiger partial charge in [-0.25, -0.2) is 12.7 Å². The van der Waals surface area contributed by atoms with Gasteiger partial charge in [-0.1, -0.05) is 23.7 Å². The van der Waals surface area contributed by atoms with Crippen LogP contribution in [0.2, 0.25) is 5.02 Å². The number of carbonyl (C=O) groups is 1. The topological polar surface area (TPSA) is 66.5 Å². The molecule has 0 unspecified atom stereocenters. The number of rotatable bonds is 6. The zero-order chi connectivity index (χ0) is 20.1. The minimum Gasteiger partial charge on any atom is -0.352 e. The molecule has 2 heterocycles. The average molecular weight is 439 g/mol. The van der Waals surface area contributed by atoms with E-state index >= 15 is 0 Å². The Balaban J connectivity index is 1.47. The van der Waals surface area contributed by atoms with Crippen molar-refractivity contribution in [2.24, 2.45) is 5.92 Å². The number of amides is 1. The predicted octanol–water partition coefficient (Wildman–Crippen LogP) is 3.87. The second-order valence-corrected chi connectivity index (χ2v) is 10.4. The number of sulfonamides is 1. The number of piperidine rings is 1. The van der Waals surface area contributed by atoms with Crippen molar-refractivity contribution in [1.29, 1.82) is 0 Å². The fourth-order valence-corrected chi connectivity index (χ4v) is 5.12. The summed E-state index contributed by atoms with van der Waals surface area (Å²) >= 11 is 7.64. The largest absolute Gasteiger partial charge is 0.352 e. The van der Waals surface area contributed by atoms with E-state index in [1.807, 2.05) is 36.4 Å². The molecule has 0 radical (unpaired) electrons. The van der Waals surface area contributed by atoms with Crippen LogP contribution < -0.4 is 5.32 Å². The molecule has 0 saturated carbocycles. The maximum Gasteiger partial charge on any atom is 0.244 e. The summed E-state index contributed by atoms with van der Waals surface area (Å²) in [5.74, 6) is 0.176. The molecule has 2 aromatic rings. The van der Waals surface area contributed by atoms with Crippen molar-refractivity contribution in [3.63, 3.8) is 0 Å². The van der Waals surface area contributed by atoms with E-state index in [4.69, 9.17) is 11.6 Å².